The highest BCUT2D eigenvalue weighted by Gasteiger charge is 2.19. The number of nitrogens with zero attached hydrogens (tertiary/aromatic N) is 3. The fourth-order valence-electron chi connectivity index (χ4n) is 3.33. The molecule has 32 heavy (non-hydrogen) atoms. The van der Waals surface area contributed by atoms with Crippen LogP contribution in [0.25, 0.3) is 5.69 Å². The van der Waals surface area contributed by atoms with Crippen molar-refractivity contribution < 1.29 is 14.3 Å². The van der Waals surface area contributed by atoms with E-state index >= 15 is 0 Å². The molecule has 0 bridgehead atoms. The lowest BCUT2D eigenvalue weighted by molar-refractivity contribution is 0.102. The molecule has 0 saturated heterocycles. The minimum atomic E-state index is 0.0110. The van der Waals surface area contributed by atoms with Crippen LogP contribution in [-0.4, -0.2) is 40.5 Å². The van der Waals surface area contributed by atoms with Gasteiger partial charge in [0.15, 0.2) is 10.9 Å². The Hall–Kier alpha value is -3.58. The molecule has 3 aromatic carbocycles. The monoisotopic (exact) mass is 445 g/mol. The molecule has 1 heterocycles. The van der Waals surface area contributed by atoms with Crippen LogP contribution in [0.15, 0.2) is 84.0 Å². The van der Waals surface area contributed by atoms with Gasteiger partial charge in [0.05, 0.1) is 25.7 Å². The van der Waals surface area contributed by atoms with E-state index in [0.29, 0.717) is 22.9 Å². The fourth-order valence-corrected chi connectivity index (χ4v) is 4.19. The molecule has 0 N–H and O–H groups in total. The first-order valence-corrected chi connectivity index (χ1v) is 11.1. The fraction of sp³-hybridized carbons (Fsp3) is 0.160. The second kappa shape index (κ2) is 10.2. The van der Waals surface area contributed by atoms with Crippen LogP contribution in [0.2, 0.25) is 0 Å². The van der Waals surface area contributed by atoms with Gasteiger partial charge >= 0.3 is 0 Å². The summed E-state index contributed by atoms with van der Waals surface area (Å²) in [7, 11) is 3.24. The third-order valence-corrected chi connectivity index (χ3v) is 5.90. The van der Waals surface area contributed by atoms with Gasteiger partial charge in [-0.25, -0.2) is 0 Å². The van der Waals surface area contributed by atoms with Gasteiger partial charge in [0, 0.05) is 12.0 Å². The van der Waals surface area contributed by atoms with Gasteiger partial charge in [-0.15, -0.1) is 10.2 Å². The van der Waals surface area contributed by atoms with Gasteiger partial charge in [-0.1, -0.05) is 54.2 Å². The number of methoxy groups -OCH3 is 2. The molecule has 0 spiro atoms. The van der Waals surface area contributed by atoms with Crippen molar-refractivity contribution in [2.24, 2.45) is 0 Å². The summed E-state index contributed by atoms with van der Waals surface area (Å²) < 4.78 is 12.7. The molecule has 0 amide bonds. The number of ketones is 1. The van der Waals surface area contributed by atoms with Crippen LogP contribution in [0.5, 0.6) is 11.5 Å². The van der Waals surface area contributed by atoms with E-state index in [1.54, 1.807) is 38.5 Å². The van der Waals surface area contributed by atoms with E-state index in [0.717, 1.165) is 22.8 Å². The second-order valence-corrected chi connectivity index (χ2v) is 7.95. The molecule has 1 aromatic heterocycles. The van der Waals surface area contributed by atoms with Gasteiger partial charge in [0.1, 0.15) is 17.3 Å². The first-order valence-electron chi connectivity index (χ1n) is 10.1. The van der Waals surface area contributed by atoms with Crippen molar-refractivity contribution in [1.82, 2.24) is 14.8 Å². The number of rotatable bonds is 9. The lowest BCUT2D eigenvalue weighted by Gasteiger charge is -2.14. The van der Waals surface area contributed by atoms with E-state index in [9.17, 15) is 4.79 Å². The number of benzene rings is 3. The number of carbonyl (C=O) groups excluding carboxylic acids is 1. The largest absolute Gasteiger partial charge is 0.497 e. The summed E-state index contributed by atoms with van der Waals surface area (Å²) in [6.07, 6.45) is 0.610. The Morgan fingerprint density at radius 3 is 2.31 bits per heavy atom. The molecule has 0 saturated carbocycles. The zero-order valence-electron chi connectivity index (χ0n) is 17.9. The molecule has 7 heteroatoms. The van der Waals surface area contributed by atoms with Crippen molar-refractivity contribution in [2.45, 2.75) is 11.6 Å². The van der Waals surface area contributed by atoms with Gasteiger partial charge in [-0.05, 0) is 42.0 Å². The number of thioether (sulfide) groups is 1. The smallest absolute Gasteiger partial charge is 0.196 e. The summed E-state index contributed by atoms with van der Waals surface area (Å²) >= 11 is 1.36. The molecule has 0 fully saturated rings. The van der Waals surface area contributed by atoms with Crippen LogP contribution >= 0.6 is 11.8 Å². The maximum Gasteiger partial charge on any atom is 0.196 e. The highest BCUT2D eigenvalue weighted by Crippen LogP contribution is 2.30. The molecular formula is C25H23N3O3S. The minimum Gasteiger partial charge on any atom is -0.497 e. The van der Waals surface area contributed by atoms with Gasteiger partial charge < -0.3 is 9.47 Å². The van der Waals surface area contributed by atoms with Crippen molar-refractivity contribution in [2.75, 3.05) is 20.0 Å². The Labute approximate surface area is 191 Å². The maximum absolute atomic E-state index is 12.7. The molecule has 6 nitrogen and oxygen atoms in total. The van der Waals surface area contributed by atoms with Crippen molar-refractivity contribution in [3.05, 3.63) is 95.8 Å². The Morgan fingerprint density at radius 2 is 1.59 bits per heavy atom. The highest BCUT2D eigenvalue weighted by molar-refractivity contribution is 7.99. The molecule has 0 unspecified atom stereocenters. The standard InChI is InChI=1S/C25H23N3O3S/c1-30-20-14-12-19(13-15-20)22(29)17-32-25-27-26-24(16-18-8-4-3-5-9-18)28(25)21-10-6-7-11-23(21)31-2/h3-15H,16-17H2,1-2H3. The number of hydrogen-bond acceptors (Lipinski definition) is 6. The summed E-state index contributed by atoms with van der Waals surface area (Å²) in [5.41, 5.74) is 2.60. The summed E-state index contributed by atoms with van der Waals surface area (Å²) in [6.45, 7) is 0. The van der Waals surface area contributed by atoms with E-state index < -0.39 is 0 Å². The molecule has 4 rings (SSSR count). The molecular weight excluding hydrogens is 422 g/mol. The Kier molecular flexibility index (Phi) is 6.87. The van der Waals surface area contributed by atoms with Crippen molar-refractivity contribution in [3.63, 3.8) is 0 Å². The van der Waals surface area contributed by atoms with Crippen LogP contribution in [-0.2, 0) is 6.42 Å². The molecule has 0 aliphatic carbocycles. The maximum atomic E-state index is 12.7. The van der Waals surface area contributed by atoms with Gasteiger partial charge in [-0.3, -0.25) is 9.36 Å². The highest BCUT2D eigenvalue weighted by atomic mass is 32.2. The molecule has 0 atom stereocenters. The lowest BCUT2D eigenvalue weighted by Crippen LogP contribution is -2.07. The lowest BCUT2D eigenvalue weighted by atomic mass is 10.1. The number of carbonyl (C=O) groups is 1. The SMILES string of the molecule is COc1ccc(C(=O)CSc2nnc(Cc3ccccc3)n2-c2ccccc2OC)cc1. The first-order chi connectivity index (χ1) is 15.7. The number of ether oxygens (including phenoxy) is 2. The summed E-state index contributed by atoms with van der Waals surface area (Å²) in [6, 6.07) is 24.9. The average molecular weight is 446 g/mol. The second-order valence-electron chi connectivity index (χ2n) is 7.01. The van der Waals surface area contributed by atoms with Crippen LogP contribution in [0.4, 0.5) is 0 Å². The summed E-state index contributed by atoms with van der Waals surface area (Å²) in [5, 5.41) is 9.49. The van der Waals surface area contributed by atoms with E-state index in [2.05, 4.69) is 22.3 Å². The van der Waals surface area contributed by atoms with E-state index in [4.69, 9.17) is 9.47 Å². The van der Waals surface area contributed by atoms with Crippen molar-refractivity contribution >= 4 is 17.5 Å². The molecule has 4 aromatic rings. The Morgan fingerprint density at radius 1 is 0.875 bits per heavy atom. The van der Waals surface area contributed by atoms with Crippen molar-refractivity contribution in [1.29, 1.82) is 0 Å². The van der Waals surface area contributed by atoms with Gasteiger partial charge in [0.25, 0.3) is 0 Å². The normalized spacial score (nSPS) is 10.7. The predicted molar refractivity (Wildman–Crippen MR) is 125 cm³/mol. The molecule has 0 radical (unpaired) electrons. The summed E-state index contributed by atoms with van der Waals surface area (Å²) in [5.74, 6) is 2.46. The topological polar surface area (TPSA) is 66.2 Å². The van der Waals surface area contributed by atoms with Gasteiger partial charge in [0.2, 0.25) is 0 Å². The van der Waals surface area contributed by atoms with Crippen LogP contribution in [0, 0.1) is 0 Å². The van der Waals surface area contributed by atoms with Crippen LogP contribution < -0.4 is 9.47 Å². The average Bonchev–Trinajstić information content (AvgIpc) is 3.25. The Balaban J connectivity index is 1.63. The molecule has 162 valence electrons. The van der Waals surface area contributed by atoms with Crippen LogP contribution in [0.3, 0.4) is 0 Å². The van der Waals surface area contributed by atoms with Crippen LogP contribution in [0.1, 0.15) is 21.7 Å². The minimum absolute atomic E-state index is 0.0110. The predicted octanol–water partition coefficient (Wildman–Crippen LogP) is 4.85. The number of Topliss-reactive ketones (excluding diaryl/α,β-unsaturated/α-hetero) is 1. The zero-order chi connectivity index (χ0) is 22.3. The number of hydrogen-bond donors (Lipinski definition) is 0. The van der Waals surface area contributed by atoms with Crippen molar-refractivity contribution in [3.8, 4) is 17.2 Å². The molecule has 0 aliphatic rings. The zero-order valence-corrected chi connectivity index (χ0v) is 18.7. The number of aromatic nitrogens is 3. The van der Waals surface area contributed by atoms with E-state index in [1.807, 2.05) is 47.0 Å². The Bertz CT molecular complexity index is 1190. The summed E-state index contributed by atoms with van der Waals surface area (Å²) in [4.78, 5) is 12.7. The third-order valence-electron chi connectivity index (χ3n) is 4.98. The first kappa shape index (κ1) is 21.6. The van der Waals surface area contributed by atoms with Gasteiger partial charge in [-0.2, -0.15) is 0 Å². The number of para-hydroxylation sites is 2. The quantitative estimate of drug-likeness (QED) is 0.271. The third kappa shape index (κ3) is 4.84. The molecule has 0 aliphatic heterocycles. The van der Waals surface area contributed by atoms with E-state index in [1.165, 1.54) is 11.8 Å². The van der Waals surface area contributed by atoms with E-state index in [-0.39, 0.29) is 11.5 Å².